The van der Waals surface area contributed by atoms with Crippen LogP contribution in [0.4, 0.5) is 0 Å². The molecule has 4 nitrogen and oxygen atoms in total. The molecule has 0 saturated carbocycles. The Morgan fingerprint density at radius 1 is 1.40 bits per heavy atom. The van der Waals surface area contributed by atoms with Crippen molar-refractivity contribution >= 4 is 6.29 Å². The van der Waals surface area contributed by atoms with Crippen LogP contribution >= 0.6 is 0 Å². The molecular formula is C11H12N2O2. The first-order valence-corrected chi connectivity index (χ1v) is 4.81. The number of aldehydes is 1. The molecule has 0 atom stereocenters. The van der Waals surface area contributed by atoms with E-state index in [0.29, 0.717) is 17.8 Å². The second-order valence-electron chi connectivity index (χ2n) is 3.57. The molecule has 15 heavy (non-hydrogen) atoms. The molecule has 0 unspecified atom stereocenters. The molecule has 0 saturated heterocycles. The van der Waals surface area contributed by atoms with Gasteiger partial charge in [-0.15, -0.1) is 0 Å². The summed E-state index contributed by atoms with van der Waals surface area (Å²) in [5.74, 6) is 1.00. The highest BCUT2D eigenvalue weighted by molar-refractivity contribution is 5.72. The number of hydrogen-bond acceptors (Lipinski definition) is 3. The van der Waals surface area contributed by atoms with Crippen molar-refractivity contribution in [2.45, 2.75) is 19.9 Å². The Kier molecular flexibility index (Phi) is 2.41. The van der Waals surface area contributed by atoms with Gasteiger partial charge in [0.1, 0.15) is 5.69 Å². The van der Waals surface area contributed by atoms with Gasteiger partial charge in [-0.1, -0.05) is 0 Å². The highest BCUT2D eigenvalue weighted by atomic mass is 16.3. The Hall–Kier alpha value is -1.84. The standard InChI is InChI=1S/C11H12N2O2/c1-8(2)13-10(5-6-12-13)11-4-3-9(7-14)15-11/h3-8H,1-2H3. The molecule has 0 amide bonds. The summed E-state index contributed by atoms with van der Waals surface area (Å²) in [5.41, 5.74) is 0.887. The predicted molar refractivity (Wildman–Crippen MR) is 55.7 cm³/mol. The maximum atomic E-state index is 10.5. The summed E-state index contributed by atoms with van der Waals surface area (Å²) in [5, 5.41) is 4.20. The third-order valence-electron chi connectivity index (χ3n) is 2.15. The normalized spacial score (nSPS) is 10.9. The molecule has 0 N–H and O–H groups in total. The van der Waals surface area contributed by atoms with Gasteiger partial charge >= 0.3 is 0 Å². The summed E-state index contributed by atoms with van der Waals surface area (Å²) < 4.78 is 7.19. The van der Waals surface area contributed by atoms with Crippen LogP contribution < -0.4 is 0 Å². The highest BCUT2D eigenvalue weighted by Gasteiger charge is 2.11. The minimum atomic E-state index is 0.264. The molecule has 0 aliphatic rings. The van der Waals surface area contributed by atoms with Crippen molar-refractivity contribution in [3.63, 3.8) is 0 Å². The molecule has 78 valence electrons. The van der Waals surface area contributed by atoms with Crippen LogP contribution in [0.3, 0.4) is 0 Å². The first-order chi connectivity index (χ1) is 7.22. The third-order valence-corrected chi connectivity index (χ3v) is 2.15. The fourth-order valence-electron chi connectivity index (χ4n) is 1.47. The minimum Gasteiger partial charge on any atom is -0.452 e. The van der Waals surface area contributed by atoms with E-state index in [4.69, 9.17) is 4.42 Å². The first kappa shape index (κ1) is 9.71. The van der Waals surface area contributed by atoms with Crippen molar-refractivity contribution in [1.29, 1.82) is 0 Å². The van der Waals surface area contributed by atoms with Crippen LogP contribution in [0, 0.1) is 0 Å². The second kappa shape index (κ2) is 3.73. The van der Waals surface area contributed by atoms with Crippen LogP contribution in [-0.2, 0) is 0 Å². The lowest BCUT2D eigenvalue weighted by Gasteiger charge is -2.08. The van der Waals surface area contributed by atoms with Gasteiger partial charge in [-0.05, 0) is 32.0 Å². The van der Waals surface area contributed by atoms with Crippen molar-refractivity contribution < 1.29 is 9.21 Å². The maximum absolute atomic E-state index is 10.5. The average Bonchev–Trinajstić information content (AvgIpc) is 2.85. The van der Waals surface area contributed by atoms with Gasteiger partial charge in [0, 0.05) is 12.2 Å². The van der Waals surface area contributed by atoms with Crippen molar-refractivity contribution in [3.05, 3.63) is 30.2 Å². The van der Waals surface area contributed by atoms with Gasteiger partial charge in [-0.2, -0.15) is 5.10 Å². The monoisotopic (exact) mass is 204 g/mol. The molecule has 2 heterocycles. The summed E-state index contributed by atoms with van der Waals surface area (Å²) >= 11 is 0. The van der Waals surface area contributed by atoms with Crippen LogP contribution in [0.25, 0.3) is 11.5 Å². The maximum Gasteiger partial charge on any atom is 0.185 e. The molecule has 0 fully saturated rings. The van der Waals surface area contributed by atoms with Gasteiger partial charge in [-0.25, -0.2) is 0 Å². The number of hydrogen-bond donors (Lipinski definition) is 0. The molecule has 0 bridgehead atoms. The second-order valence-corrected chi connectivity index (χ2v) is 3.57. The van der Waals surface area contributed by atoms with E-state index in [1.807, 2.05) is 24.6 Å². The number of carbonyl (C=O) groups is 1. The number of nitrogens with zero attached hydrogens (tertiary/aromatic N) is 2. The van der Waals surface area contributed by atoms with E-state index >= 15 is 0 Å². The quantitative estimate of drug-likeness (QED) is 0.722. The number of rotatable bonds is 3. The van der Waals surface area contributed by atoms with E-state index in [0.717, 1.165) is 5.69 Å². The largest absolute Gasteiger partial charge is 0.452 e. The van der Waals surface area contributed by atoms with E-state index in [2.05, 4.69) is 5.10 Å². The van der Waals surface area contributed by atoms with Crippen molar-refractivity contribution in [3.8, 4) is 11.5 Å². The molecule has 2 aromatic heterocycles. The lowest BCUT2D eigenvalue weighted by Crippen LogP contribution is -2.03. The van der Waals surface area contributed by atoms with Gasteiger partial charge in [0.05, 0.1) is 0 Å². The topological polar surface area (TPSA) is 48.0 Å². The van der Waals surface area contributed by atoms with Crippen molar-refractivity contribution in [2.24, 2.45) is 0 Å². The summed E-state index contributed by atoms with van der Waals surface area (Å²) in [6.07, 6.45) is 2.41. The number of carbonyl (C=O) groups excluding carboxylic acids is 1. The predicted octanol–water partition coefficient (Wildman–Crippen LogP) is 2.54. The number of aromatic nitrogens is 2. The summed E-state index contributed by atoms with van der Waals surface area (Å²) in [6.45, 7) is 4.08. The van der Waals surface area contributed by atoms with Crippen LogP contribution in [-0.4, -0.2) is 16.1 Å². The van der Waals surface area contributed by atoms with Gasteiger partial charge < -0.3 is 4.42 Å². The van der Waals surface area contributed by atoms with Crippen LogP contribution in [0.1, 0.15) is 30.4 Å². The zero-order valence-electron chi connectivity index (χ0n) is 8.68. The highest BCUT2D eigenvalue weighted by Crippen LogP contribution is 2.23. The summed E-state index contributed by atoms with van der Waals surface area (Å²) in [6, 6.07) is 5.56. The SMILES string of the molecule is CC(C)n1nccc1-c1ccc(C=O)o1. The van der Waals surface area contributed by atoms with Gasteiger partial charge in [0.2, 0.25) is 0 Å². The third kappa shape index (κ3) is 1.70. The van der Waals surface area contributed by atoms with Gasteiger partial charge in [0.25, 0.3) is 0 Å². The Balaban J connectivity index is 2.44. The molecule has 0 aliphatic carbocycles. The fraction of sp³-hybridized carbons (Fsp3) is 0.273. The van der Waals surface area contributed by atoms with E-state index in [1.54, 1.807) is 18.3 Å². The van der Waals surface area contributed by atoms with Crippen LogP contribution in [0.15, 0.2) is 28.8 Å². The van der Waals surface area contributed by atoms with Gasteiger partial charge in [0.15, 0.2) is 17.8 Å². The average molecular weight is 204 g/mol. The van der Waals surface area contributed by atoms with Crippen molar-refractivity contribution in [1.82, 2.24) is 9.78 Å². The van der Waals surface area contributed by atoms with E-state index in [9.17, 15) is 4.79 Å². The van der Waals surface area contributed by atoms with E-state index in [1.165, 1.54) is 0 Å². The summed E-state index contributed by atoms with van der Waals surface area (Å²) in [4.78, 5) is 10.5. The Bertz CT molecular complexity index is 468. The summed E-state index contributed by atoms with van der Waals surface area (Å²) in [7, 11) is 0. The fourth-order valence-corrected chi connectivity index (χ4v) is 1.47. The smallest absolute Gasteiger partial charge is 0.185 e. The zero-order valence-corrected chi connectivity index (χ0v) is 8.68. The lowest BCUT2D eigenvalue weighted by molar-refractivity contribution is 0.110. The first-order valence-electron chi connectivity index (χ1n) is 4.81. The Morgan fingerprint density at radius 2 is 2.20 bits per heavy atom. The lowest BCUT2D eigenvalue weighted by atomic mass is 10.3. The molecule has 4 heteroatoms. The number of furan rings is 1. The molecule has 0 aromatic carbocycles. The van der Waals surface area contributed by atoms with Crippen molar-refractivity contribution in [2.75, 3.05) is 0 Å². The molecule has 2 aromatic rings. The van der Waals surface area contributed by atoms with E-state index in [-0.39, 0.29) is 6.04 Å². The van der Waals surface area contributed by atoms with Crippen LogP contribution in [0.5, 0.6) is 0 Å². The molecule has 0 radical (unpaired) electrons. The zero-order chi connectivity index (χ0) is 10.8. The van der Waals surface area contributed by atoms with E-state index < -0.39 is 0 Å². The Morgan fingerprint density at radius 3 is 2.80 bits per heavy atom. The molecule has 0 spiro atoms. The Labute approximate surface area is 87.5 Å². The van der Waals surface area contributed by atoms with Gasteiger partial charge in [-0.3, -0.25) is 9.48 Å². The molecular weight excluding hydrogens is 192 g/mol. The molecule has 2 rings (SSSR count). The molecule has 0 aliphatic heterocycles. The van der Waals surface area contributed by atoms with Crippen LogP contribution in [0.2, 0.25) is 0 Å². The minimum absolute atomic E-state index is 0.264.